The van der Waals surface area contributed by atoms with Crippen LogP contribution in [0.1, 0.15) is 24.0 Å². The summed E-state index contributed by atoms with van der Waals surface area (Å²) < 4.78 is 10.7. The van der Waals surface area contributed by atoms with Crippen molar-refractivity contribution in [1.82, 2.24) is 0 Å². The molecule has 0 amide bonds. The summed E-state index contributed by atoms with van der Waals surface area (Å²) in [6, 6.07) is 15.9. The van der Waals surface area contributed by atoms with Gasteiger partial charge < -0.3 is 14.6 Å². The molecule has 2 rings (SSSR count). The first-order valence-corrected chi connectivity index (χ1v) is 7.23. The Bertz CT molecular complexity index is 549. The highest BCUT2D eigenvalue weighted by Crippen LogP contribution is 2.25. The molecule has 0 aliphatic heterocycles. The van der Waals surface area contributed by atoms with E-state index in [1.807, 2.05) is 55.5 Å². The van der Waals surface area contributed by atoms with Crippen LogP contribution in [0.5, 0.6) is 11.5 Å². The van der Waals surface area contributed by atoms with Crippen LogP contribution in [0.4, 0.5) is 0 Å². The number of ether oxygens (including phenoxy) is 2. The first-order chi connectivity index (χ1) is 10.3. The van der Waals surface area contributed by atoms with Gasteiger partial charge in [-0.3, -0.25) is 0 Å². The van der Waals surface area contributed by atoms with E-state index in [0.29, 0.717) is 6.61 Å². The average molecular weight is 286 g/mol. The van der Waals surface area contributed by atoms with Gasteiger partial charge >= 0.3 is 0 Å². The van der Waals surface area contributed by atoms with Crippen LogP contribution in [0.3, 0.4) is 0 Å². The van der Waals surface area contributed by atoms with Crippen molar-refractivity contribution in [3.05, 3.63) is 59.7 Å². The molecule has 0 radical (unpaired) electrons. The predicted octanol–water partition coefficient (Wildman–Crippen LogP) is 3.41. The fraction of sp³-hybridized carbons (Fsp3) is 0.333. The number of aliphatic hydroxyl groups is 1. The Morgan fingerprint density at radius 3 is 2.43 bits per heavy atom. The predicted molar refractivity (Wildman–Crippen MR) is 84.1 cm³/mol. The lowest BCUT2D eigenvalue weighted by atomic mass is 9.92. The molecule has 2 aromatic carbocycles. The van der Waals surface area contributed by atoms with Gasteiger partial charge in [-0.1, -0.05) is 24.3 Å². The van der Waals surface area contributed by atoms with E-state index in [9.17, 15) is 5.11 Å². The molecule has 0 saturated heterocycles. The summed E-state index contributed by atoms with van der Waals surface area (Å²) in [5, 5.41) is 9.68. The topological polar surface area (TPSA) is 38.7 Å². The minimum atomic E-state index is 0.0676. The highest BCUT2D eigenvalue weighted by Gasteiger charge is 2.12. The van der Waals surface area contributed by atoms with Crippen LogP contribution in [0, 0.1) is 0 Å². The van der Waals surface area contributed by atoms with Crippen LogP contribution < -0.4 is 9.47 Å². The lowest BCUT2D eigenvalue weighted by molar-refractivity contribution is 0.264. The van der Waals surface area contributed by atoms with Crippen molar-refractivity contribution in [2.24, 2.45) is 0 Å². The molecule has 0 aromatic heterocycles. The van der Waals surface area contributed by atoms with Crippen LogP contribution in [0.2, 0.25) is 0 Å². The summed E-state index contributed by atoms with van der Waals surface area (Å²) in [6.07, 6.45) is 0.788. The Morgan fingerprint density at radius 2 is 1.81 bits per heavy atom. The second kappa shape index (κ2) is 7.70. The number of rotatable bonds is 7. The van der Waals surface area contributed by atoms with Crippen LogP contribution in [0.15, 0.2) is 48.5 Å². The second-order valence-corrected chi connectivity index (χ2v) is 4.94. The summed E-state index contributed by atoms with van der Waals surface area (Å²) in [5.41, 5.74) is 2.27. The van der Waals surface area contributed by atoms with Crippen LogP contribution >= 0.6 is 0 Å². The number of methoxy groups -OCH3 is 1. The van der Waals surface area contributed by atoms with Crippen LogP contribution in [-0.2, 0) is 6.42 Å². The Hall–Kier alpha value is -2.00. The molecule has 3 nitrogen and oxygen atoms in total. The van der Waals surface area contributed by atoms with Crippen molar-refractivity contribution >= 4 is 0 Å². The third kappa shape index (κ3) is 4.23. The molecular weight excluding hydrogens is 264 g/mol. The van der Waals surface area contributed by atoms with Gasteiger partial charge in [-0.2, -0.15) is 0 Å². The first-order valence-electron chi connectivity index (χ1n) is 7.23. The molecule has 0 aliphatic rings. The maximum absolute atomic E-state index is 9.68. The van der Waals surface area contributed by atoms with Gasteiger partial charge in [-0.15, -0.1) is 0 Å². The van der Waals surface area contributed by atoms with Crippen LogP contribution in [0.25, 0.3) is 0 Å². The maximum Gasteiger partial charge on any atom is 0.119 e. The molecular formula is C18H22O3. The van der Waals surface area contributed by atoms with E-state index in [1.54, 1.807) is 7.11 Å². The minimum Gasteiger partial charge on any atom is -0.497 e. The Kier molecular flexibility index (Phi) is 5.64. The largest absolute Gasteiger partial charge is 0.497 e. The van der Waals surface area contributed by atoms with E-state index < -0.39 is 0 Å². The first kappa shape index (κ1) is 15.4. The van der Waals surface area contributed by atoms with Crippen molar-refractivity contribution in [2.45, 2.75) is 19.3 Å². The molecule has 0 bridgehead atoms. The maximum atomic E-state index is 9.68. The van der Waals surface area contributed by atoms with E-state index in [0.717, 1.165) is 23.5 Å². The van der Waals surface area contributed by atoms with Crippen LogP contribution in [-0.4, -0.2) is 25.4 Å². The summed E-state index contributed by atoms with van der Waals surface area (Å²) in [5.74, 6) is 1.76. The van der Waals surface area contributed by atoms with E-state index in [1.165, 1.54) is 5.56 Å². The van der Waals surface area contributed by atoms with E-state index >= 15 is 0 Å². The Labute approximate surface area is 126 Å². The summed E-state index contributed by atoms with van der Waals surface area (Å²) in [7, 11) is 1.65. The molecule has 0 heterocycles. The van der Waals surface area contributed by atoms with Crippen molar-refractivity contribution in [2.75, 3.05) is 20.3 Å². The van der Waals surface area contributed by atoms with Gasteiger partial charge in [0.15, 0.2) is 0 Å². The van der Waals surface area contributed by atoms with Crippen molar-refractivity contribution < 1.29 is 14.6 Å². The number of aliphatic hydroxyl groups excluding tert-OH is 1. The molecule has 21 heavy (non-hydrogen) atoms. The highest BCUT2D eigenvalue weighted by atomic mass is 16.5. The summed E-state index contributed by atoms with van der Waals surface area (Å²) in [6.45, 7) is 2.75. The molecule has 2 aromatic rings. The van der Waals surface area contributed by atoms with Gasteiger partial charge in [0.25, 0.3) is 0 Å². The van der Waals surface area contributed by atoms with Gasteiger partial charge in [0, 0.05) is 5.92 Å². The highest BCUT2D eigenvalue weighted by molar-refractivity contribution is 5.33. The third-order valence-electron chi connectivity index (χ3n) is 3.50. The lowest BCUT2D eigenvalue weighted by Crippen LogP contribution is -2.08. The fourth-order valence-electron chi connectivity index (χ4n) is 2.36. The second-order valence-electron chi connectivity index (χ2n) is 4.94. The molecule has 1 unspecified atom stereocenters. The number of benzene rings is 2. The zero-order valence-electron chi connectivity index (χ0n) is 12.6. The molecule has 1 atom stereocenters. The molecule has 112 valence electrons. The van der Waals surface area contributed by atoms with Gasteiger partial charge in [0.2, 0.25) is 0 Å². The van der Waals surface area contributed by atoms with E-state index in [2.05, 4.69) is 0 Å². The third-order valence-corrected chi connectivity index (χ3v) is 3.50. The van der Waals surface area contributed by atoms with Crippen molar-refractivity contribution in [1.29, 1.82) is 0 Å². The molecule has 0 spiro atoms. The fourth-order valence-corrected chi connectivity index (χ4v) is 2.36. The molecule has 0 fully saturated rings. The number of hydrogen-bond acceptors (Lipinski definition) is 3. The monoisotopic (exact) mass is 286 g/mol. The number of hydrogen-bond donors (Lipinski definition) is 1. The lowest BCUT2D eigenvalue weighted by Gasteiger charge is -2.16. The zero-order chi connectivity index (χ0) is 15.1. The Morgan fingerprint density at radius 1 is 1.05 bits per heavy atom. The SMILES string of the molecule is CCOc1ccc(CC(CO)c2cccc(OC)c2)cc1. The average Bonchev–Trinajstić information content (AvgIpc) is 2.54. The van der Waals surface area contributed by atoms with Gasteiger partial charge in [0.05, 0.1) is 20.3 Å². The van der Waals surface area contributed by atoms with Gasteiger partial charge in [0.1, 0.15) is 11.5 Å². The Balaban J connectivity index is 2.10. The molecule has 0 aliphatic carbocycles. The van der Waals surface area contributed by atoms with Crippen molar-refractivity contribution in [3.63, 3.8) is 0 Å². The van der Waals surface area contributed by atoms with E-state index in [-0.39, 0.29) is 12.5 Å². The summed E-state index contributed by atoms with van der Waals surface area (Å²) >= 11 is 0. The molecule has 3 heteroatoms. The van der Waals surface area contributed by atoms with Gasteiger partial charge in [-0.05, 0) is 48.7 Å². The summed E-state index contributed by atoms with van der Waals surface area (Å²) in [4.78, 5) is 0. The smallest absolute Gasteiger partial charge is 0.119 e. The van der Waals surface area contributed by atoms with Gasteiger partial charge in [-0.25, -0.2) is 0 Å². The molecule has 0 saturated carbocycles. The zero-order valence-corrected chi connectivity index (χ0v) is 12.6. The van der Waals surface area contributed by atoms with E-state index in [4.69, 9.17) is 9.47 Å². The normalized spacial score (nSPS) is 12.0. The molecule has 1 N–H and O–H groups in total. The minimum absolute atomic E-state index is 0.0676. The van der Waals surface area contributed by atoms with Crippen molar-refractivity contribution in [3.8, 4) is 11.5 Å². The standard InChI is InChI=1S/C18H22O3/c1-3-21-17-9-7-14(8-10-17)11-16(13-19)15-5-4-6-18(12-15)20-2/h4-10,12,16,19H,3,11,13H2,1-2H3. The quantitative estimate of drug-likeness (QED) is 0.847.